The average molecular weight is 1350 g/mol. The number of hydrogen-bond donors (Lipinski definition) is 3. The van der Waals surface area contributed by atoms with Gasteiger partial charge in [0, 0.05) is 25.7 Å². The van der Waals surface area contributed by atoms with Crippen molar-refractivity contribution >= 4 is 39.5 Å². The first-order chi connectivity index (χ1) is 44.4. The van der Waals surface area contributed by atoms with E-state index in [1.807, 2.05) is 0 Å². The number of hydrogen-bond acceptors (Lipinski definition) is 15. The van der Waals surface area contributed by atoms with Gasteiger partial charge in [-0.25, -0.2) is 9.13 Å². The van der Waals surface area contributed by atoms with Gasteiger partial charge in [-0.05, 0) is 37.5 Å². The molecule has 546 valence electrons. The van der Waals surface area contributed by atoms with Crippen LogP contribution in [0.1, 0.15) is 375 Å². The zero-order chi connectivity index (χ0) is 67.9. The summed E-state index contributed by atoms with van der Waals surface area (Å²) in [4.78, 5) is 72.6. The van der Waals surface area contributed by atoms with Crippen LogP contribution in [-0.2, 0) is 65.4 Å². The van der Waals surface area contributed by atoms with Crippen LogP contribution < -0.4 is 0 Å². The molecule has 0 aromatic heterocycles. The summed E-state index contributed by atoms with van der Waals surface area (Å²) in [5, 5.41) is 10.6. The number of carbonyl (C=O) groups excluding carboxylic acids is 4. The molecule has 3 N–H and O–H groups in total. The monoisotopic (exact) mass is 1350 g/mol. The molecule has 3 unspecified atom stereocenters. The zero-order valence-corrected chi connectivity index (χ0v) is 61.6. The maximum absolute atomic E-state index is 13.1. The maximum atomic E-state index is 13.1. The normalized spacial score (nSPS) is 14.4. The molecule has 0 heterocycles. The van der Waals surface area contributed by atoms with Gasteiger partial charge in [-0.3, -0.25) is 37.3 Å². The van der Waals surface area contributed by atoms with Crippen LogP contribution in [0.2, 0.25) is 0 Å². The van der Waals surface area contributed by atoms with Crippen molar-refractivity contribution in [1.82, 2.24) is 0 Å². The van der Waals surface area contributed by atoms with E-state index in [4.69, 9.17) is 37.0 Å². The Labute approximate surface area is 562 Å². The third-order valence-corrected chi connectivity index (χ3v) is 19.2. The van der Waals surface area contributed by atoms with Crippen molar-refractivity contribution in [3.05, 3.63) is 0 Å². The van der Waals surface area contributed by atoms with Gasteiger partial charge in [0.05, 0.1) is 26.4 Å². The largest absolute Gasteiger partial charge is 0.472 e. The van der Waals surface area contributed by atoms with Crippen LogP contribution >= 0.6 is 15.6 Å². The predicted octanol–water partition coefficient (Wildman–Crippen LogP) is 21.2. The molecule has 0 radical (unpaired) electrons. The lowest BCUT2D eigenvalue weighted by Gasteiger charge is -2.21. The first-order valence-electron chi connectivity index (χ1n) is 38.0. The number of carbonyl (C=O) groups is 4. The molecule has 17 nitrogen and oxygen atoms in total. The molecular formula is C73H142O17P2. The van der Waals surface area contributed by atoms with Crippen molar-refractivity contribution in [3.63, 3.8) is 0 Å². The van der Waals surface area contributed by atoms with E-state index >= 15 is 0 Å². The minimum absolute atomic E-state index is 0.103. The smallest absolute Gasteiger partial charge is 0.462 e. The minimum atomic E-state index is -4.95. The van der Waals surface area contributed by atoms with Gasteiger partial charge < -0.3 is 33.8 Å². The number of phosphoric ester groups is 2. The number of aliphatic hydroxyl groups excluding tert-OH is 1. The Bertz CT molecular complexity index is 1790. The second-order valence-electron chi connectivity index (χ2n) is 27.1. The summed E-state index contributed by atoms with van der Waals surface area (Å²) < 4.78 is 68.3. The second kappa shape index (κ2) is 65.0. The predicted molar refractivity (Wildman–Crippen MR) is 372 cm³/mol. The average Bonchev–Trinajstić information content (AvgIpc) is 2.73. The van der Waals surface area contributed by atoms with Gasteiger partial charge in [0.15, 0.2) is 12.2 Å². The molecule has 0 amide bonds. The summed E-state index contributed by atoms with van der Waals surface area (Å²) in [6, 6.07) is 0. The van der Waals surface area contributed by atoms with Gasteiger partial charge in [0.25, 0.3) is 0 Å². The number of aliphatic hydroxyl groups is 1. The van der Waals surface area contributed by atoms with Crippen molar-refractivity contribution < 1.29 is 80.2 Å². The van der Waals surface area contributed by atoms with Gasteiger partial charge in [-0.15, -0.1) is 0 Å². The zero-order valence-electron chi connectivity index (χ0n) is 59.9. The van der Waals surface area contributed by atoms with Crippen LogP contribution in [-0.4, -0.2) is 96.7 Å². The van der Waals surface area contributed by atoms with E-state index in [1.165, 1.54) is 193 Å². The molecule has 0 fully saturated rings. The second-order valence-corrected chi connectivity index (χ2v) is 30.0. The van der Waals surface area contributed by atoms with Crippen molar-refractivity contribution in [3.8, 4) is 0 Å². The third kappa shape index (κ3) is 65.4. The molecule has 0 bridgehead atoms. The van der Waals surface area contributed by atoms with Crippen molar-refractivity contribution in [2.75, 3.05) is 39.6 Å². The molecule has 6 atom stereocenters. The van der Waals surface area contributed by atoms with Crippen LogP contribution in [0.5, 0.6) is 0 Å². The molecule has 0 rings (SSSR count). The maximum Gasteiger partial charge on any atom is 0.472 e. The molecule has 0 spiro atoms. The highest BCUT2D eigenvalue weighted by Crippen LogP contribution is 2.45. The molecular weight excluding hydrogens is 1210 g/mol. The van der Waals surface area contributed by atoms with E-state index in [1.54, 1.807) is 0 Å². The SMILES string of the molecule is CCCCCCCCCCCCCCCCCC(=O)OC[C@H](COP(=O)(O)OC[C@@H](O)COP(=O)(O)OC[C@@H](COC(=O)CCCCCCCCCCC)OC(=O)CCCCCCCCC(C)CC)OC(=O)CCCCCCCCCCCCCCCCCC(C)C. The Balaban J connectivity index is 5.22. The first-order valence-corrected chi connectivity index (χ1v) is 41.0. The van der Waals surface area contributed by atoms with E-state index in [0.717, 1.165) is 102 Å². The summed E-state index contributed by atoms with van der Waals surface area (Å²) in [5.74, 6) is -0.600. The summed E-state index contributed by atoms with van der Waals surface area (Å²) in [5.41, 5.74) is 0. The van der Waals surface area contributed by atoms with Crippen molar-refractivity contribution in [2.24, 2.45) is 11.8 Å². The van der Waals surface area contributed by atoms with Gasteiger partial charge >= 0.3 is 39.5 Å². The minimum Gasteiger partial charge on any atom is -0.462 e. The molecule has 0 aliphatic carbocycles. The molecule has 0 aliphatic heterocycles. The van der Waals surface area contributed by atoms with E-state index < -0.39 is 97.5 Å². The van der Waals surface area contributed by atoms with Gasteiger partial charge in [0.2, 0.25) is 0 Å². The summed E-state index contributed by atoms with van der Waals surface area (Å²) in [6.07, 6.45) is 51.4. The molecule has 0 saturated carbocycles. The number of rotatable bonds is 72. The summed E-state index contributed by atoms with van der Waals surface area (Å²) in [6.45, 7) is 9.54. The van der Waals surface area contributed by atoms with E-state index in [0.29, 0.717) is 25.7 Å². The highest BCUT2D eigenvalue weighted by molar-refractivity contribution is 7.47. The lowest BCUT2D eigenvalue weighted by Crippen LogP contribution is -2.30. The number of unbranched alkanes of at least 4 members (excludes halogenated alkanes) is 41. The van der Waals surface area contributed by atoms with E-state index in [2.05, 4.69) is 41.5 Å². The fraction of sp³-hybridized carbons (Fsp3) is 0.945. The molecule has 19 heteroatoms. The number of esters is 4. The van der Waals surface area contributed by atoms with Crippen LogP contribution in [0.25, 0.3) is 0 Å². The lowest BCUT2D eigenvalue weighted by atomic mass is 10.00. The number of phosphoric acid groups is 2. The Kier molecular flexibility index (Phi) is 63.7. The van der Waals surface area contributed by atoms with Crippen LogP contribution in [0.15, 0.2) is 0 Å². The summed E-state index contributed by atoms with van der Waals surface area (Å²) in [7, 11) is -9.90. The molecule has 0 aromatic rings. The van der Waals surface area contributed by atoms with Crippen molar-refractivity contribution in [2.45, 2.75) is 394 Å². The third-order valence-electron chi connectivity index (χ3n) is 17.3. The van der Waals surface area contributed by atoms with Crippen LogP contribution in [0, 0.1) is 11.8 Å². The van der Waals surface area contributed by atoms with Crippen molar-refractivity contribution in [1.29, 1.82) is 0 Å². The van der Waals surface area contributed by atoms with Gasteiger partial charge in [-0.1, -0.05) is 324 Å². The standard InChI is InChI=1S/C73H142O17P2/c1-7-10-12-14-16-18-19-20-22-26-29-33-37-44-50-56-71(76)84-61-68(89-72(77)57-51-45-38-34-30-27-24-21-23-25-28-32-35-41-47-53-65(4)5)63-87-91(79,80)85-59-67(74)60-86-92(81,82)88-64-69(62-83-70(75)55-49-43-36-31-17-15-13-11-8-2)90-73(78)58-52-46-40-39-42-48-54-66(6)9-3/h65-69,74H,7-64H2,1-6H3,(H,79,80)(H,81,82)/t66?,67-,68-,69-/m1/s1. The first kappa shape index (κ1) is 90.1. The van der Waals surface area contributed by atoms with Gasteiger partial charge in [0.1, 0.15) is 19.3 Å². The molecule has 0 aliphatic rings. The van der Waals surface area contributed by atoms with E-state index in [9.17, 15) is 43.2 Å². The topological polar surface area (TPSA) is 237 Å². The number of ether oxygens (including phenoxy) is 4. The van der Waals surface area contributed by atoms with Gasteiger partial charge in [-0.2, -0.15) is 0 Å². The molecule has 0 saturated heterocycles. The highest BCUT2D eigenvalue weighted by Gasteiger charge is 2.30. The highest BCUT2D eigenvalue weighted by atomic mass is 31.2. The molecule has 0 aromatic carbocycles. The fourth-order valence-electron chi connectivity index (χ4n) is 11.1. The quantitative estimate of drug-likeness (QED) is 0.0222. The van der Waals surface area contributed by atoms with Crippen LogP contribution in [0.4, 0.5) is 0 Å². The Morgan fingerprint density at radius 3 is 0.826 bits per heavy atom. The lowest BCUT2D eigenvalue weighted by molar-refractivity contribution is -0.161. The Hall–Kier alpha value is -1.94. The Morgan fingerprint density at radius 1 is 0.315 bits per heavy atom. The van der Waals surface area contributed by atoms with Crippen LogP contribution in [0.3, 0.4) is 0 Å². The fourth-order valence-corrected chi connectivity index (χ4v) is 12.7. The molecule has 92 heavy (non-hydrogen) atoms. The Morgan fingerprint density at radius 2 is 0.554 bits per heavy atom. The summed E-state index contributed by atoms with van der Waals surface area (Å²) >= 11 is 0. The van der Waals surface area contributed by atoms with E-state index in [-0.39, 0.29) is 25.7 Å².